The molecule has 0 aliphatic carbocycles. The van der Waals surface area contributed by atoms with Gasteiger partial charge in [-0.05, 0) is 42.5 Å². The van der Waals surface area contributed by atoms with Gasteiger partial charge in [-0.15, -0.1) is 0 Å². The van der Waals surface area contributed by atoms with E-state index in [-0.39, 0.29) is 0 Å². The molecule has 1 atom stereocenters. The van der Waals surface area contributed by atoms with Crippen LogP contribution in [0.25, 0.3) is 11.1 Å². The van der Waals surface area contributed by atoms with Crippen LogP contribution in [0.2, 0.25) is 0 Å². The Bertz CT molecular complexity index is 431. The van der Waals surface area contributed by atoms with Crippen molar-refractivity contribution >= 4 is 19.7 Å². The summed E-state index contributed by atoms with van der Waals surface area (Å²) in [6.45, 7) is 4.61. The van der Waals surface area contributed by atoms with Gasteiger partial charge < -0.3 is 0 Å². The molecule has 1 aliphatic heterocycles. The van der Waals surface area contributed by atoms with Crippen molar-refractivity contribution in [2.75, 3.05) is 0 Å². The quantitative estimate of drug-likeness (QED) is 0.662. The average molecular weight is 203 g/mol. The van der Waals surface area contributed by atoms with E-state index in [2.05, 4.69) is 43.9 Å². The maximum absolute atomic E-state index is 2.35. The number of hydrogen-bond acceptors (Lipinski definition) is 0. The first kappa shape index (κ1) is 9.93. The summed E-state index contributed by atoms with van der Waals surface area (Å²) in [7, 11) is 1.42. The van der Waals surface area contributed by atoms with Crippen molar-refractivity contribution in [2.24, 2.45) is 5.92 Å². The Hall–Kier alpha value is -0.610. The Morgan fingerprint density at radius 2 is 2.07 bits per heavy atom. The van der Waals surface area contributed by atoms with Gasteiger partial charge in [0.05, 0.1) is 0 Å². The van der Waals surface area contributed by atoms with Gasteiger partial charge in [0.2, 0.25) is 0 Å². The number of rotatable bonds is 3. The molecule has 1 aromatic carbocycles. The van der Waals surface area contributed by atoms with Gasteiger partial charge in [0.15, 0.2) is 0 Å². The fourth-order valence-corrected chi connectivity index (χ4v) is 3.24. The van der Waals surface area contributed by atoms with Crippen LogP contribution in [-0.2, 0) is 0 Å². The summed E-state index contributed by atoms with van der Waals surface area (Å²) >= 11 is 0. The van der Waals surface area contributed by atoms with Gasteiger partial charge in [0, 0.05) is 0 Å². The molecular weight excluding hydrogens is 187 g/mol. The summed E-state index contributed by atoms with van der Waals surface area (Å²) in [6, 6.07) is 8.74. The van der Waals surface area contributed by atoms with Gasteiger partial charge in [-0.1, -0.05) is 44.5 Å². The second kappa shape index (κ2) is 4.28. The molecule has 0 saturated heterocycles. The van der Waals surface area contributed by atoms with E-state index in [4.69, 9.17) is 0 Å². The molecule has 14 heavy (non-hydrogen) atoms. The normalized spacial score (nSPS) is 18.0. The largest absolute Gasteiger partial charge is 0.0654 e. The van der Waals surface area contributed by atoms with Crippen LogP contribution in [0.4, 0.5) is 0 Å². The van der Waals surface area contributed by atoms with Crippen LogP contribution in [-0.4, -0.2) is 0 Å². The molecule has 1 heterocycles. The third-order valence-corrected chi connectivity index (χ3v) is 4.14. The van der Waals surface area contributed by atoms with E-state index in [1.807, 2.05) is 0 Å². The maximum Gasteiger partial charge on any atom is -0.0137 e. The predicted molar refractivity (Wildman–Crippen MR) is 64.6 cm³/mol. The SMILES string of the molecule is CCCC(C)C1=c2ccccc2=C[P]1. The summed E-state index contributed by atoms with van der Waals surface area (Å²) in [5, 5.41) is 4.52. The minimum atomic E-state index is 0.738. The molecule has 1 unspecified atom stereocenters. The van der Waals surface area contributed by atoms with Gasteiger partial charge in [-0.2, -0.15) is 0 Å². The van der Waals surface area contributed by atoms with Crippen molar-refractivity contribution in [2.45, 2.75) is 26.7 Å². The molecule has 1 aromatic rings. The fraction of sp³-hybridized carbons (Fsp3) is 0.385. The minimum absolute atomic E-state index is 0.738. The standard InChI is InChI=1S/C13H16P/c1-3-6-10(2)13-12-8-5-4-7-11(12)9-14-13/h4-5,7-10H,3,6H2,1-2H3. The highest BCUT2D eigenvalue weighted by molar-refractivity contribution is 7.58. The van der Waals surface area contributed by atoms with E-state index >= 15 is 0 Å². The summed E-state index contributed by atoms with van der Waals surface area (Å²) < 4.78 is 0. The van der Waals surface area contributed by atoms with Gasteiger partial charge >= 0.3 is 0 Å². The van der Waals surface area contributed by atoms with Crippen molar-refractivity contribution in [3.63, 3.8) is 0 Å². The summed E-state index contributed by atoms with van der Waals surface area (Å²) in [6.07, 6.45) is 2.59. The lowest BCUT2D eigenvalue weighted by molar-refractivity contribution is 0.657. The van der Waals surface area contributed by atoms with Crippen LogP contribution in [0.15, 0.2) is 24.3 Å². The van der Waals surface area contributed by atoms with Crippen molar-refractivity contribution in [1.29, 1.82) is 0 Å². The molecule has 0 aromatic heterocycles. The molecule has 73 valence electrons. The molecule has 0 amide bonds. The second-order valence-corrected chi connectivity index (χ2v) is 4.92. The first-order valence-electron chi connectivity index (χ1n) is 5.33. The molecule has 2 rings (SSSR count). The molecule has 0 nitrogen and oxygen atoms in total. The summed E-state index contributed by atoms with van der Waals surface area (Å²) in [5.41, 5.74) is 0. The van der Waals surface area contributed by atoms with Crippen LogP contribution >= 0.6 is 8.58 Å². The molecule has 1 heteroatoms. The summed E-state index contributed by atoms with van der Waals surface area (Å²) in [5.74, 6) is 3.07. The lowest BCUT2D eigenvalue weighted by atomic mass is 10.0. The Morgan fingerprint density at radius 3 is 2.86 bits per heavy atom. The van der Waals surface area contributed by atoms with Crippen LogP contribution in [0.1, 0.15) is 26.7 Å². The minimum Gasteiger partial charge on any atom is -0.0654 e. The first-order chi connectivity index (χ1) is 6.83. The average Bonchev–Trinajstić information content (AvgIpc) is 2.61. The van der Waals surface area contributed by atoms with Crippen LogP contribution in [0, 0.1) is 5.92 Å². The topological polar surface area (TPSA) is 0 Å². The Morgan fingerprint density at radius 1 is 1.29 bits per heavy atom. The molecule has 0 fully saturated rings. The molecule has 0 saturated carbocycles. The van der Waals surface area contributed by atoms with Gasteiger partial charge in [0.1, 0.15) is 0 Å². The van der Waals surface area contributed by atoms with Crippen molar-refractivity contribution in [3.8, 4) is 0 Å². The maximum atomic E-state index is 2.35. The van der Waals surface area contributed by atoms with E-state index < -0.39 is 0 Å². The number of benzene rings is 1. The molecule has 0 spiro atoms. The van der Waals surface area contributed by atoms with Crippen LogP contribution in [0.3, 0.4) is 0 Å². The molecule has 1 radical (unpaired) electrons. The highest BCUT2D eigenvalue weighted by Crippen LogP contribution is 2.35. The van der Waals surface area contributed by atoms with E-state index in [0.29, 0.717) is 0 Å². The monoisotopic (exact) mass is 203 g/mol. The van der Waals surface area contributed by atoms with E-state index in [1.54, 1.807) is 5.31 Å². The Labute approximate surface area is 87.5 Å². The zero-order chi connectivity index (χ0) is 9.97. The Kier molecular flexibility index (Phi) is 3.03. The van der Waals surface area contributed by atoms with Crippen molar-refractivity contribution in [3.05, 3.63) is 34.7 Å². The molecular formula is C13H16P. The first-order valence-corrected chi connectivity index (χ1v) is 6.29. The van der Waals surface area contributed by atoms with E-state index in [0.717, 1.165) is 5.92 Å². The van der Waals surface area contributed by atoms with Gasteiger partial charge in [-0.25, -0.2) is 0 Å². The highest BCUT2D eigenvalue weighted by Gasteiger charge is 2.12. The molecule has 0 N–H and O–H groups in total. The van der Waals surface area contributed by atoms with Crippen molar-refractivity contribution < 1.29 is 0 Å². The Balaban J connectivity index is 2.44. The highest BCUT2D eigenvalue weighted by atomic mass is 31.1. The van der Waals surface area contributed by atoms with Gasteiger partial charge in [-0.3, -0.25) is 0 Å². The zero-order valence-corrected chi connectivity index (χ0v) is 9.72. The number of hydrogen-bond donors (Lipinski definition) is 0. The molecule has 1 aliphatic rings. The van der Waals surface area contributed by atoms with E-state index in [9.17, 15) is 0 Å². The summed E-state index contributed by atoms with van der Waals surface area (Å²) in [4.78, 5) is 0. The second-order valence-electron chi connectivity index (χ2n) is 3.92. The van der Waals surface area contributed by atoms with Crippen LogP contribution in [0.5, 0.6) is 0 Å². The van der Waals surface area contributed by atoms with Gasteiger partial charge in [0.25, 0.3) is 0 Å². The fourth-order valence-electron chi connectivity index (χ4n) is 2.01. The molecule has 0 bridgehead atoms. The third kappa shape index (κ3) is 1.77. The third-order valence-electron chi connectivity index (χ3n) is 2.77. The predicted octanol–water partition coefficient (Wildman–Crippen LogP) is 2.93. The van der Waals surface area contributed by atoms with Crippen LogP contribution < -0.4 is 10.4 Å². The lowest BCUT2D eigenvalue weighted by Gasteiger charge is -2.10. The van der Waals surface area contributed by atoms with E-state index in [1.165, 1.54) is 31.9 Å². The smallest absolute Gasteiger partial charge is 0.0137 e. The van der Waals surface area contributed by atoms with Crippen molar-refractivity contribution in [1.82, 2.24) is 0 Å². The number of fused-ring (bicyclic) bond motifs is 1. The zero-order valence-electron chi connectivity index (χ0n) is 8.83. The lowest BCUT2D eigenvalue weighted by Crippen LogP contribution is -2.23.